The minimum atomic E-state index is -0.527. The molecule has 1 aromatic heterocycles. The highest BCUT2D eigenvalue weighted by molar-refractivity contribution is 7.07. The number of benzene rings is 1. The Kier molecular flexibility index (Phi) is 5.15. The predicted octanol–water partition coefficient (Wildman–Crippen LogP) is 3.30. The summed E-state index contributed by atoms with van der Waals surface area (Å²) in [6.07, 6.45) is -0.0289. The van der Waals surface area contributed by atoms with Crippen molar-refractivity contribution in [1.29, 1.82) is 0 Å². The number of thiophene rings is 1. The predicted molar refractivity (Wildman–Crippen MR) is 82.1 cm³/mol. The zero-order chi connectivity index (χ0) is 14.4. The third-order valence-corrected chi connectivity index (χ3v) is 3.64. The van der Waals surface area contributed by atoms with Crippen molar-refractivity contribution in [1.82, 2.24) is 5.32 Å². The van der Waals surface area contributed by atoms with Crippen LogP contribution in [-0.2, 0) is 0 Å². The van der Waals surface area contributed by atoms with E-state index in [9.17, 15) is 9.90 Å². The van der Waals surface area contributed by atoms with Gasteiger partial charge in [0.2, 0.25) is 0 Å². The first-order valence-electron chi connectivity index (χ1n) is 6.47. The number of aliphatic hydroxyl groups excluding tert-OH is 1. The number of carbonyl (C=O) groups is 1. The smallest absolute Gasteiger partial charge is 0.319 e. The first-order chi connectivity index (χ1) is 9.65. The molecule has 0 aliphatic heterocycles. The van der Waals surface area contributed by atoms with Gasteiger partial charge in [-0.05, 0) is 47.9 Å². The topological polar surface area (TPSA) is 61.4 Å². The van der Waals surface area contributed by atoms with E-state index >= 15 is 0 Å². The molecule has 0 saturated carbocycles. The fourth-order valence-corrected chi connectivity index (χ4v) is 2.47. The number of hydrogen-bond donors (Lipinski definition) is 3. The fraction of sp³-hybridized carbons (Fsp3) is 0.267. The number of hydrogen-bond acceptors (Lipinski definition) is 3. The average molecular weight is 290 g/mol. The van der Waals surface area contributed by atoms with E-state index in [2.05, 4.69) is 10.6 Å². The quantitative estimate of drug-likeness (QED) is 0.791. The monoisotopic (exact) mass is 290 g/mol. The number of amides is 2. The molecule has 2 amide bonds. The molecule has 0 bridgehead atoms. The second-order valence-corrected chi connectivity index (χ2v) is 5.39. The number of aryl methyl sites for hydroxylation is 1. The molecule has 0 aliphatic rings. The Balaban J connectivity index is 1.71. The van der Waals surface area contributed by atoms with E-state index in [4.69, 9.17) is 0 Å². The SMILES string of the molecule is Cc1ccc(NC(=O)NCCC(O)c2ccsc2)cc1. The number of aliphatic hydroxyl groups is 1. The minimum absolute atomic E-state index is 0.258. The molecule has 4 nitrogen and oxygen atoms in total. The number of urea groups is 1. The van der Waals surface area contributed by atoms with Crippen LogP contribution in [0.3, 0.4) is 0 Å². The Morgan fingerprint density at radius 3 is 2.70 bits per heavy atom. The Hall–Kier alpha value is -1.85. The standard InChI is InChI=1S/C15H18N2O2S/c1-11-2-4-13(5-3-11)17-15(19)16-8-6-14(18)12-7-9-20-10-12/h2-5,7,9-10,14,18H,6,8H2,1H3,(H2,16,17,19). The van der Waals surface area contributed by atoms with Crippen LogP contribution < -0.4 is 10.6 Å². The van der Waals surface area contributed by atoms with Crippen LogP contribution >= 0.6 is 11.3 Å². The molecule has 20 heavy (non-hydrogen) atoms. The summed E-state index contributed by atoms with van der Waals surface area (Å²) in [6.45, 7) is 2.42. The molecule has 1 unspecified atom stereocenters. The van der Waals surface area contributed by atoms with Crippen molar-refractivity contribution in [2.45, 2.75) is 19.4 Å². The summed E-state index contributed by atoms with van der Waals surface area (Å²) in [5.41, 5.74) is 2.80. The van der Waals surface area contributed by atoms with Gasteiger partial charge in [-0.25, -0.2) is 4.79 Å². The fourth-order valence-electron chi connectivity index (χ4n) is 1.77. The first-order valence-corrected chi connectivity index (χ1v) is 7.41. The van der Waals surface area contributed by atoms with Gasteiger partial charge in [-0.1, -0.05) is 17.7 Å². The Bertz CT molecular complexity index is 538. The van der Waals surface area contributed by atoms with Crippen molar-refractivity contribution >= 4 is 23.1 Å². The van der Waals surface area contributed by atoms with E-state index in [1.807, 2.05) is 48.0 Å². The molecule has 5 heteroatoms. The van der Waals surface area contributed by atoms with Crippen LogP contribution in [0.4, 0.5) is 10.5 Å². The van der Waals surface area contributed by atoms with Gasteiger partial charge >= 0.3 is 6.03 Å². The van der Waals surface area contributed by atoms with Gasteiger partial charge in [0, 0.05) is 12.2 Å². The third-order valence-electron chi connectivity index (χ3n) is 2.94. The van der Waals surface area contributed by atoms with Crippen molar-refractivity contribution in [2.75, 3.05) is 11.9 Å². The molecule has 2 rings (SSSR count). The molecule has 106 valence electrons. The normalized spacial score (nSPS) is 11.9. The molecular weight excluding hydrogens is 272 g/mol. The summed E-state index contributed by atoms with van der Waals surface area (Å²) in [4.78, 5) is 11.7. The van der Waals surface area contributed by atoms with Crippen molar-refractivity contribution in [3.05, 3.63) is 52.2 Å². The van der Waals surface area contributed by atoms with Crippen LogP contribution in [0, 0.1) is 6.92 Å². The van der Waals surface area contributed by atoms with Crippen LogP contribution in [0.1, 0.15) is 23.7 Å². The molecule has 0 aliphatic carbocycles. The lowest BCUT2D eigenvalue weighted by Gasteiger charge is -2.11. The summed E-state index contributed by atoms with van der Waals surface area (Å²) in [7, 11) is 0. The lowest BCUT2D eigenvalue weighted by atomic mass is 10.1. The van der Waals surface area contributed by atoms with E-state index in [0.717, 1.165) is 16.8 Å². The van der Waals surface area contributed by atoms with Gasteiger partial charge in [0.1, 0.15) is 0 Å². The van der Waals surface area contributed by atoms with Gasteiger partial charge in [-0.15, -0.1) is 0 Å². The van der Waals surface area contributed by atoms with Crippen molar-refractivity contribution in [2.24, 2.45) is 0 Å². The molecule has 0 fully saturated rings. The van der Waals surface area contributed by atoms with Crippen LogP contribution in [0.25, 0.3) is 0 Å². The lowest BCUT2D eigenvalue weighted by molar-refractivity contribution is 0.168. The second-order valence-electron chi connectivity index (χ2n) is 4.61. The Labute approximate surface area is 122 Å². The third kappa shape index (κ3) is 4.36. The van der Waals surface area contributed by atoms with Crippen molar-refractivity contribution < 1.29 is 9.90 Å². The van der Waals surface area contributed by atoms with Gasteiger partial charge in [0.15, 0.2) is 0 Å². The summed E-state index contributed by atoms with van der Waals surface area (Å²) in [6, 6.07) is 9.23. The molecular formula is C15H18N2O2S. The molecule has 1 aromatic carbocycles. The number of nitrogens with one attached hydrogen (secondary N) is 2. The van der Waals surface area contributed by atoms with Gasteiger partial charge < -0.3 is 15.7 Å². The molecule has 2 aromatic rings. The van der Waals surface area contributed by atoms with E-state index in [0.29, 0.717) is 13.0 Å². The average Bonchev–Trinajstić information content (AvgIpc) is 2.95. The summed E-state index contributed by atoms with van der Waals surface area (Å²) >= 11 is 1.55. The molecule has 0 saturated heterocycles. The van der Waals surface area contributed by atoms with E-state index < -0.39 is 6.10 Å². The van der Waals surface area contributed by atoms with Crippen LogP contribution in [0.2, 0.25) is 0 Å². The first kappa shape index (κ1) is 14.6. The summed E-state index contributed by atoms with van der Waals surface area (Å²) in [5, 5.41) is 19.2. The lowest BCUT2D eigenvalue weighted by Crippen LogP contribution is -2.30. The largest absolute Gasteiger partial charge is 0.388 e. The maximum Gasteiger partial charge on any atom is 0.319 e. The number of anilines is 1. The van der Waals surface area contributed by atoms with Gasteiger partial charge in [0.25, 0.3) is 0 Å². The highest BCUT2D eigenvalue weighted by atomic mass is 32.1. The highest BCUT2D eigenvalue weighted by Gasteiger charge is 2.08. The summed E-state index contributed by atoms with van der Waals surface area (Å²) in [5.74, 6) is 0. The number of rotatable bonds is 5. The second kappa shape index (κ2) is 7.07. The summed E-state index contributed by atoms with van der Waals surface area (Å²) < 4.78 is 0. The van der Waals surface area contributed by atoms with Crippen LogP contribution in [0.5, 0.6) is 0 Å². The molecule has 1 atom stereocenters. The van der Waals surface area contributed by atoms with E-state index in [1.165, 1.54) is 0 Å². The molecule has 0 radical (unpaired) electrons. The van der Waals surface area contributed by atoms with Crippen LogP contribution in [0.15, 0.2) is 41.1 Å². The Morgan fingerprint density at radius 2 is 2.05 bits per heavy atom. The minimum Gasteiger partial charge on any atom is -0.388 e. The molecule has 3 N–H and O–H groups in total. The maximum absolute atomic E-state index is 11.7. The van der Waals surface area contributed by atoms with Gasteiger partial charge in [0.05, 0.1) is 6.10 Å². The zero-order valence-electron chi connectivity index (χ0n) is 11.3. The van der Waals surface area contributed by atoms with E-state index in [1.54, 1.807) is 11.3 Å². The van der Waals surface area contributed by atoms with E-state index in [-0.39, 0.29) is 6.03 Å². The van der Waals surface area contributed by atoms with Crippen molar-refractivity contribution in [3.8, 4) is 0 Å². The highest BCUT2D eigenvalue weighted by Crippen LogP contribution is 2.18. The molecule has 1 heterocycles. The maximum atomic E-state index is 11.7. The van der Waals surface area contributed by atoms with Crippen LogP contribution in [-0.4, -0.2) is 17.7 Å². The Morgan fingerprint density at radius 1 is 1.30 bits per heavy atom. The van der Waals surface area contributed by atoms with Crippen molar-refractivity contribution in [3.63, 3.8) is 0 Å². The number of carbonyl (C=O) groups excluding carboxylic acids is 1. The zero-order valence-corrected chi connectivity index (χ0v) is 12.1. The van der Waals surface area contributed by atoms with Gasteiger partial charge in [-0.3, -0.25) is 0 Å². The molecule has 0 spiro atoms. The van der Waals surface area contributed by atoms with Gasteiger partial charge in [-0.2, -0.15) is 11.3 Å².